The van der Waals surface area contributed by atoms with Crippen molar-refractivity contribution < 1.29 is 13.2 Å². The molecule has 0 bridgehead atoms. The van der Waals surface area contributed by atoms with Crippen LogP contribution >= 0.6 is 50.7 Å². The van der Waals surface area contributed by atoms with E-state index in [9.17, 15) is 13.2 Å². The molecule has 1 amide bonds. The van der Waals surface area contributed by atoms with Crippen LogP contribution in [0.5, 0.6) is 0 Å². The zero-order valence-electron chi connectivity index (χ0n) is 16.8. The van der Waals surface area contributed by atoms with Gasteiger partial charge in [-0.3, -0.25) is 4.79 Å². The summed E-state index contributed by atoms with van der Waals surface area (Å²) in [5, 5.41) is 3.96. The number of hydrogen-bond donors (Lipinski definition) is 1. The molecule has 3 aromatic carbocycles. The number of anilines is 1. The monoisotopic (exact) mass is 574 g/mol. The lowest BCUT2D eigenvalue weighted by Crippen LogP contribution is -2.37. The minimum Gasteiger partial charge on any atom is -0.325 e. The number of nitrogens with zero attached hydrogens (tertiary/aromatic N) is 1. The highest BCUT2D eigenvalue weighted by Crippen LogP contribution is 2.27. The molecule has 168 valence electrons. The first-order valence-corrected chi connectivity index (χ1v) is 12.7. The summed E-state index contributed by atoms with van der Waals surface area (Å²) < 4.78 is 28.6. The van der Waals surface area contributed by atoms with Crippen molar-refractivity contribution in [3.8, 4) is 0 Å². The second-order valence-corrected chi connectivity index (χ2v) is 11.0. The van der Waals surface area contributed by atoms with Crippen LogP contribution < -0.4 is 5.32 Å². The number of hydrogen-bond acceptors (Lipinski definition) is 3. The molecule has 0 heterocycles. The van der Waals surface area contributed by atoms with Gasteiger partial charge in [-0.15, -0.1) is 0 Å². The molecule has 3 aromatic rings. The van der Waals surface area contributed by atoms with Gasteiger partial charge in [0.05, 0.1) is 11.4 Å². The molecule has 0 spiro atoms. The molecule has 32 heavy (non-hydrogen) atoms. The van der Waals surface area contributed by atoms with Crippen molar-refractivity contribution in [2.24, 2.45) is 0 Å². The van der Waals surface area contributed by atoms with Crippen molar-refractivity contribution in [3.05, 3.63) is 91.3 Å². The summed E-state index contributed by atoms with van der Waals surface area (Å²) in [6, 6.07) is 16.1. The summed E-state index contributed by atoms with van der Waals surface area (Å²) in [6.45, 7) is 1.22. The van der Waals surface area contributed by atoms with Crippen LogP contribution in [-0.4, -0.2) is 25.2 Å². The third-order valence-electron chi connectivity index (χ3n) is 4.67. The zero-order chi connectivity index (χ0) is 23.5. The van der Waals surface area contributed by atoms with Crippen LogP contribution in [0.25, 0.3) is 0 Å². The predicted octanol–water partition coefficient (Wildman–Crippen LogP) is 6.55. The molecule has 10 heteroatoms. The van der Waals surface area contributed by atoms with Gasteiger partial charge in [0.25, 0.3) is 0 Å². The van der Waals surface area contributed by atoms with Gasteiger partial charge in [0.15, 0.2) is 0 Å². The molecule has 0 saturated heterocycles. The molecule has 1 N–H and O–H groups in total. The predicted molar refractivity (Wildman–Crippen MR) is 133 cm³/mol. The molecular weight excluding hydrogens is 559 g/mol. The third-order valence-corrected chi connectivity index (χ3v) is 8.01. The minimum atomic E-state index is -4.01. The van der Waals surface area contributed by atoms with Crippen molar-refractivity contribution >= 4 is 72.4 Å². The summed E-state index contributed by atoms with van der Waals surface area (Å²) in [4.78, 5) is 12.9. The standard InChI is InChI=1S/C22H18BrCl3N2O3S/c1-14-19(25)3-2-4-21(14)27-22(29)13-28(12-15-5-8-17(24)11-20(15)26)32(30,31)18-9-6-16(23)7-10-18/h2-11H,12-13H2,1H3,(H,27,29). The Hall–Kier alpha value is -1.61. The van der Waals surface area contributed by atoms with E-state index >= 15 is 0 Å². The van der Waals surface area contributed by atoms with Crippen molar-refractivity contribution in [1.29, 1.82) is 0 Å². The lowest BCUT2D eigenvalue weighted by Gasteiger charge is -2.23. The van der Waals surface area contributed by atoms with Crippen LogP contribution in [0.15, 0.2) is 70.0 Å². The Morgan fingerprint density at radius 3 is 2.34 bits per heavy atom. The first kappa shape index (κ1) is 25.0. The van der Waals surface area contributed by atoms with Gasteiger partial charge < -0.3 is 5.32 Å². The molecular formula is C22H18BrCl3N2O3S. The minimum absolute atomic E-state index is 0.0533. The van der Waals surface area contributed by atoms with Gasteiger partial charge in [0.1, 0.15) is 0 Å². The fraction of sp³-hybridized carbons (Fsp3) is 0.136. The number of sulfonamides is 1. The van der Waals surface area contributed by atoms with Gasteiger partial charge in [-0.05, 0) is 66.6 Å². The van der Waals surface area contributed by atoms with Gasteiger partial charge in [-0.2, -0.15) is 4.31 Å². The zero-order valence-corrected chi connectivity index (χ0v) is 21.5. The fourth-order valence-electron chi connectivity index (χ4n) is 2.91. The topological polar surface area (TPSA) is 66.5 Å². The van der Waals surface area contributed by atoms with E-state index in [2.05, 4.69) is 21.2 Å². The summed E-state index contributed by atoms with van der Waals surface area (Å²) in [6.07, 6.45) is 0. The Balaban J connectivity index is 1.93. The van der Waals surface area contributed by atoms with E-state index in [0.29, 0.717) is 31.9 Å². The van der Waals surface area contributed by atoms with Crippen molar-refractivity contribution in [2.45, 2.75) is 18.4 Å². The number of carbonyl (C=O) groups excluding carboxylic acids is 1. The maximum absolute atomic E-state index is 13.4. The average molecular weight is 577 g/mol. The Kier molecular flexibility index (Phi) is 8.25. The van der Waals surface area contributed by atoms with Gasteiger partial charge in [0.2, 0.25) is 15.9 Å². The highest BCUT2D eigenvalue weighted by molar-refractivity contribution is 9.10. The summed E-state index contributed by atoms with van der Waals surface area (Å²) in [5.41, 5.74) is 1.71. The Morgan fingerprint density at radius 2 is 1.69 bits per heavy atom. The SMILES string of the molecule is Cc1c(Cl)cccc1NC(=O)CN(Cc1ccc(Cl)cc1Cl)S(=O)(=O)c1ccc(Br)cc1. The van der Waals surface area contributed by atoms with E-state index in [1.165, 1.54) is 18.2 Å². The second-order valence-electron chi connectivity index (χ2n) is 6.92. The van der Waals surface area contributed by atoms with Crippen molar-refractivity contribution in [2.75, 3.05) is 11.9 Å². The van der Waals surface area contributed by atoms with Crippen LogP contribution in [0, 0.1) is 6.92 Å². The molecule has 0 aliphatic heterocycles. The van der Waals surface area contributed by atoms with Crippen molar-refractivity contribution in [1.82, 2.24) is 4.31 Å². The maximum atomic E-state index is 13.4. The molecule has 0 radical (unpaired) electrons. The lowest BCUT2D eigenvalue weighted by molar-refractivity contribution is -0.116. The van der Waals surface area contributed by atoms with Gasteiger partial charge in [-0.1, -0.05) is 62.9 Å². The van der Waals surface area contributed by atoms with Crippen molar-refractivity contribution in [3.63, 3.8) is 0 Å². The molecule has 0 fully saturated rings. The number of carbonyl (C=O) groups is 1. The van der Waals surface area contributed by atoms with Crippen LogP contribution in [-0.2, 0) is 21.4 Å². The largest absolute Gasteiger partial charge is 0.325 e. The van der Waals surface area contributed by atoms with E-state index in [1.54, 1.807) is 49.4 Å². The average Bonchev–Trinajstić information content (AvgIpc) is 2.73. The third kappa shape index (κ3) is 6.04. The van der Waals surface area contributed by atoms with Gasteiger partial charge in [-0.25, -0.2) is 8.42 Å². The lowest BCUT2D eigenvalue weighted by atomic mass is 10.2. The van der Waals surface area contributed by atoms with Crippen LogP contribution in [0.3, 0.4) is 0 Å². The molecule has 0 atom stereocenters. The van der Waals surface area contributed by atoms with E-state index in [-0.39, 0.29) is 11.4 Å². The summed E-state index contributed by atoms with van der Waals surface area (Å²) in [7, 11) is -4.01. The number of benzene rings is 3. The Bertz CT molecular complexity index is 1250. The van der Waals surface area contributed by atoms with E-state index in [1.807, 2.05) is 0 Å². The normalized spacial score (nSPS) is 11.6. The quantitative estimate of drug-likeness (QED) is 0.347. The van der Waals surface area contributed by atoms with Gasteiger partial charge >= 0.3 is 0 Å². The van der Waals surface area contributed by atoms with E-state index in [0.717, 1.165) is 8.78 Å². The number of halogens is 4. The summed E-state index contributed by atoms with van der Waals surface area (Å²) >= 11 is 21.6. The van der Waals surface area contributed by atoms with Crippen LogP contribution in [0.1, 0.15) is 11.1 Å². The molecule has 0 aliphatic carbocycles. The fourth-order valence-corrected chi connectivity index (χ4v) is 5.20. The molecule has 3 rings (SSSR count). The number of amides is 1. The highest BCUT2D eigenvalue weighted by Gasteiger charge is 2.28. The molecule has 0 unspecified atom stereocenters. The molecule has 0 saturated carbocycles. The molecule has 0 aromatic heterocycles. The maximum Gasteiger partial charge on any atom is 0.243 e. The number of rotatable bonds is 7. The van der Waals surface area contributed by atoms with Crippen LogP contribution in [0.4, 0.5) is 5.69 Å². The van der Waals surface area contributed by atoms with Gasteiger partial charge in [0, 0.05) is 31.8 Å². The van der Waals surface area contributed by atoms with E-state index < -0.39 is 22.5 Å². The summed E-state index contributed by atoms with van der Waals surface area (Å²) in [5.74, 6) is -0.513. The first-order chi connectivity index (χ1) is 15.1. The molecule has 5 nitrogen and oxygen atoms in total. The molecule has 0 aliphatic rings. The van der Waals surface area contributed by atoms with E-state index in [4.69, 9.17) is 34.8 Å². The Morgan fingerprint density at radius 1 is 1.00 bits per heavy atom. The first-order valence-electron chi connectivity index (χ1n) is 9.32. The second kappa shape index (κ2) is 10.5. The highest BCUT2D eigenvalue weighted by atomic mass is 79.9. The number of nitrogens with one attached hydrogen (secondary N) is 1. The van der Waals surface area contributed by atoms with Crippen LogP contribution in [0.2, 0.25) is 15.1 Å². The smallest absolute Gasteiger partial charge is 0.243 e. The Labute approximate surface area is 210 Å².